The lowest BCUT2D eigenvalue weighted by molar-refractivity contribution is 0.299. The summed E-state index contributed by atoms with van der Waals surface area (Å²) in [5, 5.41) is -0.0874. The Bertz CT molecular complexity index is 259. The van der Waals surface area contributed by atoms with E-state index < -0.39 is 0 Å². The maximum absolute atomic E-state index is 6.37. The zero-order chi connectivity index (χ0) is 13.9. The molecule has 0 heterocycles. The van der Waals surface area contributed by atoms with E-state index in [2.05, 4.69) is 20.8 Å². The van der Waals surface area contributed by atoms with Gasteiger partial charge in [-0.05, 0) is 39.5 Å². The fraction of sp³-hybridized carbons (Fsp3) is 1.00. The molecular weight excluding hydrogens is 219 g/mol. The van der Waals surface area contributed by atoms with Crippen molar-refractivity contribution in [3.05, 3.63) is 0 Å². The Morgan fingerprint density at radius 3 is 1.67 bits per heavy atom. The smallest absolute Gasteiger partial charge is 0.0742 e. The van der Waals surface area contributed by atoms with E-state index in [1.165, 1.54) is 12.8 Å². The van der Waals surface area contributed by atoms with Crippen molar-refractivity contribution in [1.82, 2.24) is 0 Å². The van der Waals surface area contributed by atoms with Crippen molar-refractivity contribution in [2.75, 3.05) is 0 Å². The average molecular weight is 250 g/mol. The van der Waals surface area contributed by atoms with Crippen molar-refractivity contribution >= 4 is 7.85 Å². The largest absolute Gasteiger partial charge is 0.325 e. The van der Waals surface area contributed by atoms with Gasteiger partial charge in [0.05, 0.1) is 7.85 Å². The normalized spacial score (nSPS) is 44.9. The first-order valence-electron chi connectivity index (χ1n) is 7.49. The van der Waals surface area contributed by atoms with E-state index in [4.69, 9.17) is 19.3 Å². The third-order valence-corrected chi connectivity index (χ3v) is 4.51. The molecule has 0 amide bonds. The second kappa shape index (κ2) is 5.96. The van der Waals surface area contributed by atoms with Crippen LogP contribution in [0.15, 0.2) is 0 Å². The quantitative estimate of drug-likeness (QED) is 0.648. The van der Waals surface area contributed by atoms with Gasteiger partial charge in [0.25, 0.3) is 0 Å². The van der Waals surface area contributed by atoms with Crippen LogP contribution in [0.3, 0.4) is 0 Å². The minimum absolute atomic E-state index is 0.0275. The highest BCUT2D eigenvalue weighted by molar-refractivity contribution is 6.14. The topological polar surface area (TPSA) is 52.0 Å². The molecule has 1 rings (SSSR count). The number of hydrogen-bond acceptors (Lipinski definition) is 2. The molecule has 0 aromatic carbocycles. The number of rotatable bonds is 0. The molecule has 3 atom stereocenters. The van der Waals surface area contributed by atoms with E-state index >= 15 is 0 Å². The molecule has 1 aliphatic rings. The molecule has 3 heteroatoms. The average Bonchev–Trinajstić information content (AvgIpc) is 2.21. The third-order valence-electron chi connectivity index (χ3n) is 4.51. The molecule has 3 unspecified atom stereocenters. The van der Waals surface area contributed by atoms with Crippen LogP contribution in [0.25, 0.3) is 0 Å². The minimum Gasteiger partial charge on any atom is -0.325 e. The summed E-state index contributed by atoms with van der Waals surface area (Å²) in [6, 6.07) is 0. The molecule has 4 N–H and O–H groups in total. The van der Waals surface area contributed by atoms with Crippen molar-refractivity contribution in [2.45, 2.75) is 95.0 Å². The monoisotopic (exact) mass is 250 g/mol. The lowest BCUT2D eigenvalue weighted by Crippen LogP contribution is -2.39. The molecule has 2 nitrogen and oxygen atoms in total. The first-order chi connectivity index (χ1) is 8.12. The predicted molar refractivity (Wildman–Crippen MR) is 80.9 cm³/mol. The molecule has 0 bridgehead atoms. The van der Waals surface area contributed by atoms with Gasteiger partial charge in [-0.1, -0.05) is 44.3 Å². The van der Waals surface area contributed by atoms with Gasteiger partial charge in [-0.25, -0.2) is 0 Å². The summed E-state index contributed by atoms with van der Waals surface area (Å²) < 4.78 is 0. The first-order valence-corrected chi connectivity index (χ1v) is 7.49. The van der Waals surface area contributed by atoms with Crippen LogP contribution in [-0.2, 0) is 0 Å². The third kappa shape index (κ3) is 6.24. The van der Waals surface area contributed by atoms with Crippen LogP contribution in [0, 0.1) is 0 Å². The summed E-state index contributed by atoms with van der Waals surface area (Å²) in [5.74, 6) is 0. The summed E-state index contributed by atoms with van der Waals surface area (Å²) >= 11 is 0. The maximum atomic E-state index is 6.37. The van der Waals surface area contributed by atoms with Gasteiger partial charge in [-0.2, -0.15) is 0 Å². The van der Waals surface area contributed by atoms with E-state index in [0.29, 0.717) is 0 Å². The van der Waals surface area contributed by atoms with Crippen LogP contribution in [-0.4, -0.2) is 18.9 Å². The van der Waals surface area contributed by atoms with Crippen LogP contribution >= 0.6 is 0 Å². The van der Waals surface area contributed by atoms with E-state index in [1.54, 1.807) is 0 Å². The van der Waals surface area contributed by atoms with Gasteiger partial charge in [0.1, 0.15) is 0 Å². The molecule has 104 valence electrons. The molecule has 0 aromatic heterocycles. The van der Waals surface area contributed by atoms with Crippen LogP contribution in [0.5, 0.6) is 0 Å². The van der Waals surface area contributed by atoms with E-state index in [1.807, 2.05) is 0 Å². The summed E-state index contributed by atoms with van der Waals surface area (Å²) in [6.45, 7) is 6.49. The standard InChI is InChI=1S/C15H31BN2/c1-13(16)7-6-10-14(2,17)8-4-5-9-15(3,18)12-11-13/h4-12,17-18H2,1-3H3. The summed E-state index contributed by atoms with van der Waals surface area (Å²) in [5.41, 5.74) is 12.6. The van der Waals surface area contributed by atoms with Crippen molar-refractivity contribution in [2.24, 2.45) is 11.5 Å². The molecule has 18 heavy (non-hydrogen) atoms. The zero-order valence-electron chi connectivity index (χ0n) is 12.6. The molecule has 1 saturated carbocycles. The molecule has 2 radical (unpaired) electrons. The Morgan fingerprint density at radius 2 is 1.11 bits per heavy atom. The SMILES string of the molecule is [B]C1(C)CCCC(C)(N)CCCCC(C)(N)CC1. The Hall–Kier alpha value is -0.0151. The second-order valence-electron chi connectivity index (χ2n) is 7.52. The highest BCUT2D eigenvalue weighted by atomic mass is 14.7. The van der Waals surface area contributed by atoms with Gasteiger partial charge in [0, 0.05) is 11.1 Å². The lowest BCUT2D eigenvalue weighted by atomic mass is 9.62. The van der Waals surface area contributed by atoms with Gasteiger partial charge in [0.2, 0.25) is 0 Å². The first kappa shape index (κ1) is 16.0. The van der Waals surface area contributed by atoms with E-state index in [0.717, 1.165) is 44.9 Å². The van der Waals surface area contributed by atoms with Gasteiger partial charge in [-0.3, -0.25) is 0 Å². The maximum Gasteiger partial charge on any atom is 0.0742 e. The highest BCUT2D eigenvalue weighted by Gasteiger charge is 2.27. The van der Waals surface area contributed by atoms with Crippen LogP contribution in [0.4, 0.5) is 0 Å². The van der Waals surface area contributed by atoms with Gasteiger partial charge >= 0.3 is 0 Å². The van der Waals surface area contributed by atoms with Gasteiger partial charge in [-0.15, -0.1) is 0 Å². The molecular formula is C15H31BN2. The van der Waals surface area contributed by atoms with Crippen LogP contribution < -0.4 is 11.5 Å². The van der Waals surface area contributed by atoms with Crippen molar-refractivity contribution in [3.8, 4) is 0 Å². The molecule has 1 fully saturated rings. The van der Waals surface area contributed by atoms with Crippen molar-refractivity contribution < 1.29 is 0 Å². The predicted octanol–water partition coefficient (Wildman–Crippen LogP) is 3.29. The van der Waals surface area contributed by atoms with Gasteiger partial charge in [0.15, 0.2) is 0 Å². The van der Waals surface area contributed by atoms with Crippen LogP contribution in [0.2, 0.25) is 5.31 Å². The Balaban J connectivity index is 2.63. The summed E-state index contributed by atoms with van der Waals surface area (Å²) in [7, 11) is 6.37. The molecule has 0 saturated heterocycles. The Labute approximate surface area is 115 Å². The van der Waals surface area contributed by atoms with Crippen molar-refractivity contribution in [1.29, 1.82) is 0 Å². The van der Waals surface area contributed by atoms with Gasteiger partial charge < -0.3 is 11.5 Å². The Morgan fingerprint density at radius 1 is 0.667 bits per heavy atom. The highest BCUT2D eigenvalue weighted by Crippen LogP contribution is 2.37. The number of nitrogens with two attached hydrogens (primary N) is 2. The molecule has 0 spiro atoms. The Kier molecular flexibility index (Phi) is 5.31. The van der Waals surface area contributed by atoms with Crippen molar-refractivity contribution in [3.63, 3.8) is 0 Å². The zero-order valence-corrected chi connectivity index (χ0v) is 12.6. The lowest BCUT2D eigenvalue weighted by Gasteiger charge is -2.34. The molecule has 1 aliphatic carbocycles. The molecule has 0 aliphatic heterocycles. The van der Waals surface area contributed by atoms with Crippen LogP contribution in [0.1, 0.15) is 78.6 Å². The summed E-state index contributed by atoms with van der Waals surface area (Å²) in [6.07, 6.45) is 9.86. The molecule has 0 aromatic rings. The minimum atomic E-state index is -0.0874. The fourth-order valence-electron chi connectivity index (χ4n) is 2.90. The van der Waals surface area contributed by atoms with E-state index in [-0.39, 0.29) is 16.4 Å². The fourth-order valence-corrected chi connectivity index (χ4v) is 2.90. The second-order valence-corrected chi connectivity index (χ2v) is 7.52. The number of hydrogen-bond donors (Lipinski definition) is 2. The van der Waals surface area contributed by atoms with E-state index in [9.17, 15) is 0 Å². The summed E-state index contributed by atoms with van der Waals surface area (Å²) in [4.78, 5) is 0.